The van der Waals surface area contributed by atoms with Crippen LogP contribution in [0.2, 0.25) is 0 Å². The Kier molecular flexibility index (Phi) is 3.15. The van der Waals surface area contributed by atoms with Gasteiger partial charge in [-0.25, -0.2) is 9.18 Å². The maximum absolute atomic E-state index is 13.0. The first-order valence-electron chi connectivity index (χ1n) is 3.55. The molecule has 68 valence electrons. The lowest BCUT2D eigenvalue weighted by Crippen LogP contribution is -1.94. The van der Waals surface area contributed by atoms with E-state index in [0.717, 1.165) is 11.4 Å². The van der Waals surface area contributed by atoms with E-state index in [0.29, 0.717) is 0 Å². The Hall–Kier alpha value is -1.21. The molecule has 1 atom stereocenters. The largest absolute Gasteiger partial charge is 0.478 e. The van der Waals surface area contributed by atoms with Crippen molar-refractivity contribution < 1.29 is 14.3 Å². The summed E-state index contributed by atoms with van der Waals surface area (Å²) in [5.41, 5.74) is 0.273. The third kappa shape index (κ3) is 2.96. The minimum Gasteiger partial charge on any atom is -0.478 e. The van der Waals surface area contributed by atoms with Crippen molar-refractivity contribution in [2.75, 3.05) is 0 Å². The Morgan fingerprint density at radius 3 is 2.85 bits per heavy atom. The van der Waals surface area contributed by atoms with Crippen LogP contribution in [0.25, 0.3) is 6.08 Å². The van der Waals surface area contributed by atoms with Gasteiger partial charge >= 0.3 is 5.97 Å². The molecule has 0 fully saturated rings. The highest BCUT2D eigenvalue weighted by molar-refractivity contribution is 7.27. The Labute approximate surface area is 77.3 Å². The van der Waals surface area contributed by atoms with E-state index in [1.54, 1.807) is 12.1 Å². The molecule has 1 unspecified atom stereocenters. The molecule has 0 saturated carbocycles. The van der Waals surface area contributed by atoms with Crippen molar-refractivity contribution in [3.63, 3.8) is 0 Å². The molecule has 0 aromatic heterocycles. The minimum absolute atomic E-state index is 0.273. The molecule has 0 radical (unpaired) electrons. The molecule has 1 aromatic rings. The number of benzene rings is 1. The second-order valence-electron chi connectivity index (χ2n) is 2.45. The highest BCUT2D eigenvalue weighted by Gasteiger charge is 1.98. The van der Waals surface area contributed by atoms with Crippen LogP contribution in [0.1, 0.15) is 5.56 Å². The van der Waals surface area contributed by atoms with Gasteiger partial charge in [0.05, 0.1) is 0 Å². The molecule has 4 heteroatoms. The zero-order chi connectivity index (χ0) is 9.84. The van der Waals surface area contributed by atoms with E-state index in [2.05, 4.69) is 9.24 Å². The van der Waals surface area contributed by atoms with Gasteiger partial charge in [-0.05, 0) is 23.5 Å². The number of aliphatic carboxylic acids is 1. The normalized spacial score (nSPS) is 10.6. The zero-order valence-electron chi connectivity index (χ0n) is 6.70. The molecule has 1 aromatic carbocycles. The van der Waals surface area contributed by atoms with Gasteiger partial charge in [-0.3, -0.25) is 0 Å². The number of carbonyl (C=O) groups is 1. The maximum Gasteiger partial charge on any atom is 0.328 e. The lowest BCUT2D eigenvalue weighted by Gasteiger charge is -1.97. The summed E-state index contributed by atoms with van der Waals surface area (Å²) in [5.74, 6) is -1.52. The number of hydrogen-bond acceptors (Lipinski definition) is 1. The first kappa shape index (κ1) is 9.87. The maximum atomic E-state index is 13.0. The molecule has 0 heterocycles. The third-order valence-corrected chi connectivity index (χ3v) is 1.78. The predicted octanol–water partition coefficient (Wildman–Crippen LogP) is 1.42. The van der Waals surface area contributed by atoms with Crippen LogP contribution >= 0.6 is 9.24 Å². The van der Waals surface area contributed by atoms with E-state index < -0.39 is 11.8 Å². The monoisotopic (exact) mass is 198 g/mol. The molecule has 2 nitrogen and oxygen atoms in total. The van der Waals surface area contributed by atoms with Crippen molar-refractivity contribution in [1.29, 1.82) is 0 Å². The lowest BCUT2D eigenvalue weighted by atomic mass is 10.2. The molecule has 1 rings (SSSR count). The zero-order valence-corrected chi connectivity index (χ0v) is 7.85. The van der Waals surface area contributed by atoms with Gasteiger partial charge in [0.1, 0.15) is 5.82 Å². The number of halogens is 1. The first-order valence-corrected chi connectivity index (χ1v) is 4.13. The highest BCUT2D eigenvalue weighted by atomic mass is 31.0. The van der Waals surface area contributed by atoms with Crippen molar-refractivity contribution in [2.45, 2.75) is 0 Å². The standard InChI is InChI=1S/C9H8FO2P/c10-8-3-2-7(13)5-6(8)1-4-9(11)12/h1-5H,13H2,(H,11,12)/b4-1+. The highest BCUT2D eigenvalue weighted by Crippen LogP contribution is 2.08. The van der Waals surface area contributed by atoms with Crippen molar-refractivity contribution in [3.05, 3.63) is 35.7 Å². The van der Waals surface area contributed by atoms with Crippen molar-refractivity contribution >= 4 is 26.6 Å². The van der Waals surface area contributed by atoms with Crippen LogP contribution < -0.4 is 5.30 Å². The SMILES string of the molecule is O=C(O)/C=C/c1cc(P)ccc1F. The molecule has 0 aliphatic rings. The van der Waals surface area contributed by atoms with Crippen molar-refractivity contribution in [1.82, 2.24) is 0 Å². The van der Waals surface area contributed by atoms with Gasteiger partial charge in [0.15, 0.2) is 0 Å². The number of hydrogen-bond donors (Lipinski definition) is 1. The van der Waals surface area contributed by atoms with Crippen LogP contribution in [0.15, 0.2) is 24.3 Å². The molecule has 0 spiro atoms. The number of rotatable bonds is 2. The lowest BCUT2D eigenvalue weighted by molar-refractivity contribution is -0.131. The van der Waals surface area contributed by atoms with Gasteiger partial charge in [0, 0.05) is 11.6 Å². The molecule has 0 amide bonds. The Morgan fingerprint density at radius 2 is 2.23 bits per heavy atom. The van der Waals surface area contributed by atoms with Gasteiger partial charge < -0.3 is 5.11 Å². The molecule has 0 aliphatic heterocycles. The second kappa shape index (κ2) is 4.15. The fourth-order valence-corrected chi connectivity index (χ4v) is 1.13. The van der Waals surface area contributed by atoms with Crippen LogP contribution in [-0.2, 0) is 4.79 Å². The van der Waals surface area contributed by atoms with Crippen LogP contribution in [0.3, 0.4) is 0 Å². The summed E-state index contributed by atoms with van der Waals surface area (Å²) in [6.45, 7) is 0. The van der Waals surface area contributed by atoms with E-state index in [4.69, 9.17) is 5.11 Å². The van der Waals surface area contributed by atoms with Crippen LogP contribution in [0.5, 0.6) is 0 Å². The van der Waals surface area contributed by atoms with E-state index >= 15 is 0 Å². The van der Waals surface area contributed by atoms with Crippen LogP contribution in [0, 0.1) is 5.82 Å². The second-order valence-corrected chi connectivity index (χ2v) is 3.12. The third-order valence-electron chi connectivity index (χ3n) is 1.43. The van der Waals surface area contributed by atoms with Gasteiger partial charge in [-0.15, -0.1) is 9.24 Å². The summed E-state index contributed by atoms with van der Waals surface area (Å²) in [6.07, 6.45) is 2.13. The fourth-order valence-electron chi connectivity index (χ4n) is 0.851. The molecule has 0 bridgehead atoms. The first-order chi connectivity index (χ1) is 6.09. The van der Waals surface area contributed by atoms with E-state index in [1.165, 1.54) is 12.1 Å². The minimum atomic E-state index is -1.09. The topological polar surface area (TPSA) is 37.3 Å². The Balaban J connectivity index is 3.00. The summed E-state index contributed by atoms with van der Waals surface area (Å²) < 4.78 is 13.0. The summed E-state index contributed by atoms with van der Waals surface area (Å²) in [5, 5.41) is 9.13. The van der Waals surface area contributed by atoms with Gasteiger partial charge in [-0.1, -0.05) is 6.07 Å². The van der Waals surface area contributed by atoms with Gasteiger partial charge in [0.25, 0.3) is 0 Å². The molecular formula is C9H8FO2P. The van der Waals surface area contributed by atoms with Crippen LogP contribution in [0.4, 0.5) is 4.39 Å². The summed E-state index contributed by atoms with van der Waals surface area (Å²) in [4.78, 5) is 10.2. The van der Waals surface area contributed by atoms with Crippen LogP contribution in [-0.4, -0.2) is 11.1 Å². The smallest absolute Gasteiger partial charge is 0.328 e. The van der Waals surface area contributed by atoms with E-state index in [1.807, 2.05) is 0 Å². The van der Waals surface area contributed by atoms with E-state index in [9.17, 15) is 9.18 Å². The molecule has 1 N–H and O–H groups in total. The van der Waals surface area contributed by atoms with E-state index in [-0.39, 0.29) is 5.56 Å². The van der Waals surface area contributed by atoms with Crippen molar-refractivity contribution in [3.8, 4) is 0 Å². The fraction of sp³-hybridized carbons (Fsp3) is 0. The predicted molar refractivity (Wildman–Crippen MR) is 52.4 cm³/mol. The average Bonchev–Trinajstić information content (AvgIpc) is 2.06. The molecule has 0 aliphatic carbocycles. The van der Waals surface area contributed by atoms with Crippen molar-refractivity contribution in [2.24, 2.45) is 0 Å². The van der Waals surface area contributed by atoms with Gasteiger partial charge in [0.2, 0.25) is 0 Å². The molecule has 0 saturated heterocycles. The molecular weight excluding hydrogens is 190 g/mol. The Bertz CT molecular complexity index is 361. The quantitative estimate of drug-likeness (QED) is 0.576. The number of carboxylic acid groups (broad SMARTS) is 1. The number of carboxylic acids is 1. The summed E-state index contributed by atoms with van der Waals surface area (Å²) in [7, 11) is 2.41. The summed E-state index contributed by atoms with van der Waals surface area (Å²) in [6, 6.07) is 4.45. The summed E-state index contributed by atoms with van der Waals surface area (Å²) >= 11 is 0. The molecule has 13 heavy (non-hydrogen) atoms. The average molecular weight is 198 g/mol. The van der Waals surface area contributed by atoms with Gasteiger partial charge in [-0.2, -0.15) is 0 Å². The Morgan fingerprint density at radius 1 is 1.54 bits per heavy atom.